The van der Waals surface area contributed by atoms with Crippen molar-refractivity contribution in [1.29, 1.82) is 5.26 Å². The Balaban J connectivity index is 1.61. The van der Waals surface area contributed by atoms with Crippen molar-refractivity contribution < 1.29 is 9.59 Å². The van der Waals surface area contributed by atoms with E-state index in [-0.39, 0.29) is 11.9 Å². The summed E-state index contributed by atoms with van der Waals surface area (Å²) >= 11 is 0. The first-order valence-corrected chi connectivity index (χ1v) is 7.27. The van der Waals surface area contributed by atoms with Gasteiger partial charge in [0.1, 0.15) is 6.07 Å². The maximum Gasteiger partial charge on any atom is 0.344 e. The molecule has 1 aromatic carbocycles. The van der Waals surface area contributed by atoms with Crippen molar-refractivity contribution in [2.45, 2.75) is 0 Å². The standard InChI is InChI=1S/C16H15N5O2/c17-10-13-11-18-21(12-13)16(23)20-8-6-19(7-9-20)15(22)14-4-2-1-3-5-14/h1-5,11-12H,6-9H2. The van der Waals surface area contributed by atoms with E-state index < -0.39 is 0 Å². The first-order chi connectivity index (χ1) is 11.2. The van der Waals surface area contributed by atoms with Gasteiger partial charge in [-0.25, -0.2) is 4.79 Å². The molecule has 0 spiro atoms. The van der Waals surface area contributed by atoms with Crippen LogP contribution in [-0.4, -0.2) is 57.7 Å². The number of piperazine rings is 1. The van der Waals surface area contributed by atoms with Gasteiger partial charge in [0, 0.05) is 31.7 Å². The van der Waals surface area contributed by atoms with E-state index in [0.717, 1.165) is 4.68 Å². The van der Waals surface area contributed by atoms with Gasteiger partial charge in [0.2, 0.25) is 0 Å². The van der Waals surface area contributed by atoms with Gasteiger partial charge in [-0.3, -0.25) is 4.79 Å². The predicted molar refractivity (Wildman–Crippen MR) is 81.7 cm³/mol. The molecule has 0 saturated carbocycles. The van der Waals surface area contributed by atoms with E-state index in [4.69, 9.17) is 5.26 Å². The molecule has 3 rings (SSSR count). The Labute approximate surface area is 133 Å². The topological polar surface area (TPSA) is 82.2 Å². The summed E-state index contributed by atoms with van der Waals surface area (Å²) in [7, 11) is 0. The fraction of sp³-hybridized carbons (Fsp3) is 0.250. The first kappa shape index (κ1) is 14.8. The Bertz CT molecular complexity index is 754. The van der Waals surface area contributed by atoms with Crippen LogP contribution in [0, 0.1) is 11.3 Å². The molecule has 0 unspecified atom stereocenters. The van der Waals surface area contributed by atoms with Gasteiger partial charge in [0.05, 0.1) is 18.0 Å². The number of rotatable bonds is 1. The molecule has 7 heteroatoms. The Hall–Kier alpha value is -3.14. The van der Waals surface area contributed by atoms with Crippen molar-refractivity contribution >= 4 is 11.9 Å². The van der Waals surface area contributed by atoms with Crippen molar-refractivity contribution in [3.8, 4) is 6.07 Å². The molecule has 0 bridgehead atoms. The number of amides is 2. The van der Waals surface area contributed by atoms with Crippen molar-refractivity contribution in [2.75, 3.05) is 26.2 Å². The van der Waals surface area contributed by atoms with Gasteiger partial charge in [-0.15, -0.1) is 0 Å². The molecule has 116 valence electrons. The molecule has 1 fully saturated rings. The number of hydrogen-bond acceptors (Lipinski definition) is 4. The largest absolute Gasteiger partial charge is 0.344 e. The molecule has 23 heavy (non-hydrogen) atoms. The highest BCUT2D eigenvalue weighted by atomic mass is 16.2. The molecule has 1 saturated heterocycles. The third-order valence-electron chi connectivity index (χ3n) is 3.77. The van der Waals surface area contributed by atoms with Gasteiger partial charge in [-0.1, -0.05) is 18.2 Å². The van der Waals surface area contributed by atoms with Gasteiger partial charge < -0.3 is 9.80 Å². The average Bonchev–Trinajstić information content (AvgIpc) is 3.10. The molecule has 0 radical (unpaired) electrons. The molecule has 2 amide bonds. The molecule has 0 aliphatic carbocycles. The summed E-state index contributed by atoms with van der Waals surface area (Å²) in [5, 5.41) is 12.7. The maximum absolute atomic E-state index is 12.4. The summed E-state index contributed by atoms with van der Waals surface area (Å²) in [5.41, 5.74) is 0.995. The van der Waals surface area contributed by atoms with E-state index in [9.17, 15) is 9.59 Å². The zero-order chi connectivity index (χ0) is 16.2. The average molecular weight is 309 g/mol. The van der Waals surface area contributed by atoms with Crippen LogP contribution < -0.4 is 0 Å². The van der Waals surface area contributed by atoms with Crippen molar-refractivity contribution in [3.63, 3.8) is 0 Å². The lowest BCUT2D eigenvalue weighted by atomic mass is 10.2. The predicted octanol–water partition coefficient (Wildman–Crippen LogP) is 1.18. The number of nitrogens with zero attached hydrogens (tertiary/aromatic N) is 5. The second kappa shape index (κ2) is 6.32. The number of benzene rings is 1. The summed E-state index contributed by atoms with van der Waals surface area (Å²) < 4.78 is 1.16. The minimum absolute atomic E-state index is 0.0245. The van der Waals surface area contributed by atoms with Crippen LogP contribution in [0.15, 0.2) is 42.7 Å². The van der Waals surface area contributed by atoms with Crippen molar-refractivity contribution in [2.24, 2.45) is 0 Å². The molecule has 1 aliphatic rings. The highest BCUT2D eigenvalue weighted by Crippen LogP contribution is 2.10. The monoisotopic (exact) mass is 309 g/mol. The highest BCUT2D eigenvalue weighted by molar-refractivity contribution is 5.94. The van der Waals surface area contributed by atoms with Crippen LogP contribution >= 0.6 is 0 Å². The molecular formula is C16H15N5O2. The quantitative estimate of drug-likeness (QED) is 0.792. The number of carbonyl (C=O) groups excluding carboxylic acids is 2. The van der Waals surface area contributed by atoms with Crippen LogP contribution in [0.5, 0.6) is 0 Å². The minimum atomic E-state index is -0.279. The van der Waals surface area contributed by atoms with Gasteiger partial charge in [0.25, 0.3) is 5.91 Å². The summed E-state index contributed by atoms with van der Waals surface area (Å²) in [6, 6.07) is 10.8. The number of carbonyl (C=O) groups is 2. The van der Waals surface area contributed by atoms with Crippen LogP contribution in [0.25, 0.3) is 0 Å². The Morgan fingerprint density at radius 1 is 1.04 bits per heavy atom. The molecule has 1 aromatic heterocycles. The third kappa shape index (κ3) is 3.06. The van der Waals surface area contributed by atoms with Gasteiger partial charge >= 0.3 is 6.03 Å². The maximum atomic E-state index is 12.4. The number of nitriles is 1. The molecule has 2 heterocycles. The lowest BCUT2D eigenvalue weighted by Crippen LogP contribution is -2.51. The Morgan fingerprint density at radius 3 is 2.30 bits per heavy atom. The minimum Gasteiger partial charge on any atom is -0.335 e. The summed E-state index contributed by atoms with van der Waals surface area (Å²) in [5.74, 6) is -0.0245. The second-order valence-electron chi connectivity index (χ2n) is 5.21. The van der Waals surface area contributed by atoms with Crippen LogP contribution in [0.1, 0.15) is 15.9 Å². The zero-order valence-corrected chi connectivity index (χ0v) is 12.4. The smallest absolute Gasteiger partial charge is 0.335 e. The van der Waals surface area contributed by atoms with Gasteiger partial charge in [0.15, 0.2) is 0 Å². The molecule has 0 N–H and O–H groups in total. The van der Waals surface area contributed by atoms with Crippen LogP contribution in [0.2, 0.25) is 0 Å². The fourth-order valence-corrected chi connectivity index (χ4v) is 2.49. The third-order valence-corrected chi connectivity index (χ3v) is 3.77. The fourth-order valence-electron chi connectivity index (χ4n) is 2.49. The van der Waals surface area contributed by atoms with E-state index in [1.807, 2.05) is 24.3 Å². The molecule has 0 atom stereocenters. The van der Waals surface area contributed by atoms with E-state index in [1.165, 1.54) is 12.4 Å². The first-order valence-electron chi connectivity index (χ1n) is 7.27. The van der Waals surface area contributed by atoms with Crippen LogP contribution in [-0.2, 0) is 0 Å². The van der Waals surface area contributed by atoms with E-state index in [2.05, 4.69) is 5.10 Å². The van der Waals surface area contributed by atoms with Crippen LogP contribution in [0.3, 0.4) is 0 Å². The normalized spacial score (nSPS) is 14.4. The summed E-state index contributed by atoms with van der Waals surface area (Å²) in [4.78, 5) is 28.0. The van der Waals surface area contributed by atoms with E-state index in [0.29, 0.717) is 37.3 Å². The van der Waals surface area contributed by atoms with Crippen LogP contribution in [0.4, 0.5) is 4.79 Å². The molecule has 7 nitrogen and oxygen atoms in total. The van der Waals surface area contributed by atoms with Gasteiger partial charge in [-0.05, 0) is 12.1 Å². The van der Waals surface area contributed by atoms with Crippen molar-refractivity contribution in [1.82, 2.24) is 19.6 Å². The molecular weight excluding hydrogens is 294 g/mol. The Morgan fingerprint density at radius 2 is 1.70 bits per heavy atom. The van der Waals surface area contributed by atoms with E-state index in [1.54, 1.807) is 21.9 Å². The van der Waals surface area contributed by atoms with Crippen molar-refractivity contribution in [3.05, 3.63) is 53.9 Å². The lowest BCUT2D eigenvalue weighted by Gasteiger charge is -2.34. The zero-order valence-electron chi connectivity index (χ0n) is 12.4. The number of hydrogen-bond donors (Lipinski definition) is 0. The highest BCUT2D eigenvalue weighted by Gasteiger charge is 2.25. The lowest BCUT2D eigenvalue weighted by molar-refractivity contribution is 0.0664. The van der Waals surface area contributed by atoms with E-state index >= 15 is 0 Å². The molecule has 2 aromatic rings. The SMILES string of the molecule is N#Cc1cnn(C(=O)N2CCN(C(=O)c3ccccc3)CC2)c1. The summed E-state index contributed by atoms with van der Waals surface area (Å²) in [6.45, 7) is 1.84. The van der Waals surface area contributed by atoms with Gasteiger partial charge in [-0.2, -0.15) is 15.0 Å². The Kier molecular flexibility index (Phi) is 4.06. The number of aromatic nitrogens is 2. The summed E-state index contributed by atoms with van der Waals surface area (Å²) in [6.07, 6.45) is 2.76. The second-order valence-corrected chi connectivity index (χ2v) is 5.21. The molecule has 1 aliphatic heterocycles.